The molecule has 0 saturated heterocycles. The van der Waals surface area contributed by atoms with Gasteiger partial charge < -0.3 is 13.7 Å². The molecule has 8 heteroatoms. The van der Waals surface area contributed by atoms with E-state index in [0.717, 1.165) is 5.56 Å². The van der Waals surface area contributed by atoms with Crippen LogP contribution in [0.4, 0.5) is 0 Å². The molecule has 22 heavy (non-hydrogen) atoms. The van der Waals surface area contributed by atoms with E-state index in [4.69, 9.17) is 9.15 Å². The number of carbonyl (C=O) groups excluding carboxylic acids is 1. The van der Waals surface area contributed by atoms with Gasteiger partial charge in [0, 0.05) is 7.05 Å². The molecule has 0 aliphatic rings. The van der Waals surface area contributed by atoms with Crippen molar-refractivity contribution in [2.75, 3.05) is 7.11 Å². The molecule has 3 aromatic rings. The number of methoxy groups -OCH3 is 1. The van der Waals surface area contributed by atoms with E-state index in [-0.39, 0.29) is 5.97 Å². The van der Waals surface area contributed by atoms with Crippen molar-refractivity contribution in [3.05, 3.63) is 40.8 Å². The summed E-state index contributed by atoms with van der Waals surface area (Å²) in [5.41, 5.74) is 0.893. The van der Waals surface area contributed by atoms with Gasteiger partial charge in [0.05, 0.1) is 13.4 Å². The number of thioether (sulfide) groups is 1. The zero-order chi connectivity index (χ0) is 15.5. The lowest BCUT2D eigenvalue weighted by Gasteiger charge is -2.12. The Kier molecular flexibility index (Phi) is 4.30. The van der Waals surface area contributed by atoms with Gasteiger partial charge in [-0.3, -0.25) is 4.79 Å². The third-order valence-electron chi connectivity index (χ3n) is 3.06. The number of hydrogen-bond acceptors (Lipinski definition) is 7. The van der Waals surface area contributed by atoms with E-state index < -0.39 is 5.25 Å². The van der Waals surface area contributed by atoms with Crippen molar-refractivity contribution >= 4 is 29.1 Å². The normalized spacial score (nSPS) is 12.3. The van der Waals surface area contributed by atoms with Crippen LogP contribution in [0.15, 0.2) is 44.8 Å². The van der Waals surface area contributed by atoms with Crippen LogP contribution in [-0.2, 0) is 16.6 Å². The third kappa shape index (κ3) is 2.79. The summed E-state index contributed by atoms with van der Waals surface area (Å²) in [6.07, 6.45) is 1.58. The van der Waals surface area contributed by atoms with Crippen molar-refractivity contribution in [3.63, 3.8) is 0 Å². The molecule has 0 unspecified atom stereocenters. The zero-order valence-corrected chi connectivity index (χ0v) is 13.6. The molecular formula is C14H13N3O3S2. The van der Waals surface area contributed by atoms with Gasteiger partial charge in [0.1, 0.15) is 5.25 Å². The second kappa shape index (κ2) is 6.37. The Morgan fingerprint density at radius 1 is 1.45 bits per heavy atom. The highest BCUT2D eigenvalue weighted by Crippen LogP contribution is 2.37. The van der Waals surface area contributed by atoms with E-state index in [2.05, 4.69) is 10.2 Å². The average Bonchev–Trinajstić information content (AvgIpc) is 3.26. The summed E-state index contributed by atoms with van der Waals surface area (Å²) >= 11 is 2.84. The monoisotopic (exact) mass is 335 g/mol. The summed E-state index contributed by atoms with van der Waals surface area (Å²) in [4.78, 5) is 12.0. The van der Waals surface area contributed by atoms with Gasteiger partial charge >= 0.3 is 5.97 Å². The Labute approximate surface area is 135 Å². The lowest BCUT2D eigenvalue weighted by molar-refractivity contribution is -0.140. The van der Waals surface area contributed by atoms with E-state index in [9.17, 15) is 4.79 Å². The topological polar surface area (TPSA) is 70.2 Å². The molecule has 1 atom stereocenters. The SMILES string of the molecule is COC(=O)[C@@H](Sc1nnc(-c2ccco2)n1C)c1ccsc1. The summed E-state index contributed by atoms with van der Waals surface area (Å²) < 4.78 is 12.0. The minimum absolute atomic E-state index is 0.314. The molecule has 3 heterocycles. The molecule has 0 aliphatic heterocycles. The van der Waals surface area contributed by atoms with Crippen LogP contribution in [0.2, 0.25) is 0 Å². The van der Waals surface area contributed by atoms with Crippen molar-refractivity contribution in [3.8, 4) is 11.6 Å². The quantitative estimate of drug-likeness (QED) is 0.527. The maximum absolute atomic E-state index is 12.0. The highest BCUT2D eigenvalue weighted by molar-refractivity contribution is 8.00. The highest BCUT2D eigenvalue weighted by atomic mass is 32.2. The largest absolute Gasteiger partial charge is 0.468 e. The molecule has 0 aliphatic carbocycles. The molecule has 0 aromatic carbocycles. The molecule has 114 valence electrons. The molecule has 0 radical (unpaired) electrons. The first-order valence-electron chi connectivity index (χ1n) is 6.40. The Bertz CT molecular complexity index is 751. The fourth-order valence-corrected chi connectivity index (χ4v) is 3.72. The van der Waals surface area contributed by atoms with Crippen LogP contribution < -0.4 is 0 Å². The molecule has 0 amide bonds. The van der Waals surface area contributed by atoms with Crippen molar-refractivity contribution in [2.24, 2.45) is 7.05 Å². The summed E-state index contributed by atoms with van der Waals surface area (Å²) in [6, 6.07) is 5.51. The summed E-state index contributed by atoms with van der Waals surface area (Å²) in [5.74, 6) is 0.930. The molecule has 0 N–H and O–H groups in total. The first-order chi connectivity index (χ1) is 10.7. The van der Waals surface area contributed by atoms with Crippen LogP contribution in [0.3, 0.4) is 0 Å². The lowest BCUT2D eigenvalue weighted by atomic mass is 10.2. The van der Waals surface area contributed by atoms with E-state index in [1.807, 2.05) is 29.9 Å². The van der Waals surface area contributed by atoms with Gasteiger partial charge in [-0.1, -0.05) is 11.8 Å². The van der Waals surface area contributed by atoms with Crippen LogP contribution in [0.1, 0.15) is 10.8 Å². The van der Waals surface area contributed by atoms with Gasteiger partial charge in [-0.05, 0) is 34.5 Å². The van der Waals surface area contributed by atoms with Crippen molar-refractivity contribution in [1.29, 1.82) is 0 Å². The van der Waals surface area contributed by atoms with E-state index in [1.54, 1.807) is 16.9 Å². The maximum atomic E-state index is 12.0. The standard InChI is InChI=1S/C14H13N3O3S2/c1-17-12(10-4-3-6-20-10)15-16-14(17)22-11(13(18)19-2)9-5-7-21-8-9/h3-8,11H,1-2H3/t11-/m0/s1. The molecule has 0 fully saturated rings. The van der Waals surface area contributed by atoms with Gasteiger partial charge in [-0.15, -0.1) is 10.2 Å². The minimum Gasteiger partial charge on any atom is -0.468 e. The molecule has 0 bridgehead atoms. The zero-order valence-electron chi connectivity index (χ0n) is 11.9. The number of thiophene rings is 1. The first-order valence-corrected chi connectivity index (χ1v) is 8.23. The Hall–Kier alpha value is -2.06. The first kappa shape index (κ1) is 14.9. The number of aromatic nitrogens is 3. The van der Waals surface area contributed by atoms with Gasteiger partial charge in [-0.25, -0.2) is 0 Å². The number of ether oxygens (including phenoxy) is 1. The second-order valence-corrected chi connectivity index (χ2v) is 6.27. The summed E-state index contributed by atoms with van der Waals surface area (Å²) in [5, 5.41) is 12.3. The fraction of sp³-hybridized carbons (Fsp3) is 0.214. The Morgan fingerprint density at radius 3 is 2.95 bits per heavy atom. The Morgan fingerprint density at radius 2 is 2.32 bits per heavy atom. The molecule has 6 nitrogen and oxygen atoms in total. The van der Waals surface area contributed by atoms with Gasteiger partial charge in [0.2, 0.25) is 0 Å². The lowest BCUT2D eigenvalue weighted by Crippen LogP contribution is -2.11. The number of rotatable bonds is 5. The van der Waals surface area contributed by atoms with Crippen molar-refractivity contribution in [1.82, 2.24) is 14.8 Å². The smallest absolute Gasteiger partial charge is 0.323 e. The third-order valence-corrected chi connectivity index (χ3v) is 5.03. The van der Waals surface area contributed by atoms with Gasteiger partial charge in [-0.2, -0.15) is 11.3 Å². The number of esters is 1. The predicted octanol–water partition coefficient (Wildman–Crippen LogP) is 3.14. The molecule has 0 spiro atoms. The highest BCUT2D eigenvalue weighted by Gasteiger charge is 2.26. The second-order valence-electron chi connectivity index (χ2n) is 4.42. The molecular weight excluding hydrogens is 322 g/mol. The van der Waals surface area contributed by atoms with Crippen LogP contribution in [-0.4, -0.2) is 27.8 Å². The van der Waals surface area contributed by atoms with E-state index in [0.29, 0.717) is 16.7 Å². The number of carbonyl (C=O) groups is 1. The Balaban J connectivity index is 1.89. The van der Waals surface area contributed by atoms with Crippen LogP contribution in [0, 0.1) is 0 Å². The van der Waals surface area contributed by atoms with Crippen molar-refractivity contribution in [2.45, 2.75) is 10.4 Å². The maximum Gasteiger partial charge on any atom is 0.323 e. The average molecular weight is 335 g/mol. The molecule has 3 aromatic heterocycles. The number of furan rings is 1. The summed E-state index contributed by atoms with van der Waals surface area (Å²) in [6.45, 7) is 0. The van der Waals surface area contributed by atoms with Crippen LogP contribution >= 0.6 is 23.1 Å². The summed E-state index contributed by atoms with van der Waals surface area (Å²) in [7, 11) is 3.22. The minimum atomic E-state index is -0.469. The van der Waals surface area contributed by atoms with Gasteiger partial charge in [0.25, 0.3) is 0 Å². The fourth-order valence-electron chi connectivity index (χ4n) is 1.93. The molecule has 3 rings (SSSR count). The van der Waals surface area contributed by atoms with E-state index >= 15 is 0 Å². The van der Waals surface area contributed by atoms with E-state index in [1.165, 1.54) is 30.2 Å². The van der Waals surface area contributed by atoms with Crippen molar-refractivity contribution < 1.29 is 13.9 Å². The number of nitrogens with zero attached hydrogens (tertiary/aromatic N) is 3. The van der Waals surface area contributed by atoms with Crippen LogP contribution in [0.5, 0.6) is 0 Å². The van der Waals surface area contributed by atoms with Gasteiger partial charge in [0.15, 0.2) is 16.7 Å². The number of hydrogen-bond donors (Lipinski definition) is 0. The predicted molar refractivity (Wildman–Crippen MR) is 83.6 cm³/mol. The van der Waals surface area contributed by atoms with Crippen LogP contribution in [0.25, 0.3) is 11.6 Å². The molecule has 0 saturated carbocycles.